The first-order valence-electron chi connectivity index (χ1n) is 2.63. The number of hydrogen-bond donors (Lipinski definition) is 2. The first kappa shape index (κ1) is 7.88. The molecule has 0 aliphatic heterocycles. The fraction of sp³-hybridized carbons (Fsp3) is 1.00. The van der Waals surface area contributed by atoms with Crippen LogP contribution in [0, 0.1) is 0 Å². The van der Waals surface area contributed by atoms with Crippen molar-refractivity contribution in [2.75, 3.05) is 27.3 Å². The summed E-state index contributed by atoms with van der Waals surface area (Å²) in [6.07, 6.45) is -0.370. The molecule has 0 fully saturated rings. The quantitative estimate of drug-likeness (QED) is 0.509. The average molecular weight is 119 g/mol. The molecule has 2 N–H and O–H groups in total. The lowest BCUT2D eigenvalue weighted by atomic mass is 10.4. The third kappa shape index (κ3) is 4.05. The third-order valence-corrected chi connectivity index (χ3v) is 0.799. The number of nitrogens with one attached hydrogen (secondary N) is 1. The van der Waals surface area contributed by atoms with E-state index >= 15 is 0 Å². The summed E-state index contributed by atoms with van der Waals surface area (Å²) >= 11 is 0. The zero-order chi connectivity index (χ0) is 6.41. The van der Waals surface area contributed by atoms with Crippen molar-refractivity contribution < 1.29 is 9.84 Å². The molecule has 0 aromatic rings. The highest BCUT2D eigenvalue weighted by Gasteiger charge is 1.98. The second-order valence-corrected chi connectivity index (χ2v) is 1.67. The molecule has 0 bridgehead atoms. The molecule has 0 aromatic carbocycles. The van der Waals surface area contributed by atoms with Crippen molar-refractivity contribution in [2.24, 2.45) is 0 Å². The van der Waals surface area contributed by atoms with E-state index in [1.807, 2.05) is 0 Å². The van der Waals surface area contributed by atoms with Gasteiger partial charge in [-0.1, -0.05) is 0 Å². The van der Waals surface area contributed by atoms with Gasteiger partial charge in [0.1, 0.15) is 0 Å². The van der Waals surface area contributed by atoms with Crippen LogP contribution < -0.4 is 5.32 Å². The first-order chi connectivity index (χ1) is 3.81. The number of rotatable bonds is 4. The summed E-state index contributed by atoms with van der Waals surface area (Å²) in [5.74, 6) is 0. The molecule has 0 saturated heterocycles. The number of aliphatic hydroxyl groups excluding tert-OH is 1. The number of ether oxygens (including phenoxy) is 1. The zero-order valence-corrected chi connectivity index (χ0v) is 5.35. The minimum Gasteiger partial charge on any atom is -0.389 e. The lowest BCUT2D eigenvalue weighted by Crippen LogP contribution is -2.27. The van der Waals surface area contributed by atoms with Crippen LogP contribution in [0.4, 0.5) is 0 Å². The number of methoxy groups -OCH3 is 1. The van der Waals surface area contributed by atoms with Crippen molar-refractivity contribution >= 4 is 0 Å². The van der Waals surface area contributed by atoms with Crippen LogP contribution in [0.2, 0.25) is 0 Å². The van der Waals surface area contributed by atoms with E-state index in [4.69, 9.17) is 5.11 Å². The van der Waals surface area contributed by atoms with Crippen LogP contribution >= 0.6 is 0 Å². The van der Waals surface area contributed by atoms with Gasteiger partial charge in [0.25, 0.3) is 0 Å². The van der Waals surface area contributed by atoms with E-state index in [1.165, 1.54) is 0 Å². The highest BCUT2D eigenvalue weighted by Crippen LogP contribution is 1.78. The van der Waals surface area contributed by atoms with Gasteiger partial charge in [-0.3, -0.25) is 0 Å². The maximum absolute atomic E-state index is 8.86. The molecule has 50 valence electrons. The summed E-state index contributed by atoms with van der Waals surface area (Å²) in [5.41, 5.74) is 0. The van der Waals surface area contributed by atoms with E-state index in [0.29, 0.717) is 13.2 Å². The maximum atomic E-state index is 8.86. The Kier molecular flexibility index (Phi) is 4.95. The van der Waals surface area contributed by atoms with Gasteiger partial charge in [0.15, 0.2) is 0 Å². The van der Waals surface area contributed by atoms with Crippen LogP contribution in [0.1, 0.15) is 0 Å². The Hall–Kier alpha value is -0.120. The summed E-state index contributed by atoms with van der Waals surface area (Å²) in [6, 6.07) is 0. The van der Waals surface area contributed by atoms with Gasteiger partial charge in [0.2, 0.25) is 0 Å². The van der Waals surface area contributed by atoms with Crippen molar-refractivity contribution in [1.29, 1.82) is 0 Å². The number of aliphatic hydroxyl groups is 1. The fourth-order valence-corrected chi connectivity index (χ4v) is 0.487. The average Bonchev–Trinajstić information content (AvgIpc) is 1.68. The van der Waals surface area contributed by atoms with Gasteiger partial charge in [-0.15, -0.1) is 0 Å². The molecular weight excluding hydrogens is 106 g/mol. The Bertz CT molecular complexity index is 43.7. The van der Waals surface area contributed by atoms with Gasteiger partial charge in [0.05, 0.1) is 12.7 Å². The Morgan fingerprint density at radius 1 is 1.75 bits per heavy atom. The molecule has 0 aliphatic carbocycles. The molecule has 1 atom stereocenters. The highest BCUT2D eigenvalue weighted by atomic mass is 16.5. The summed E-state index contributed by atoms with van der Waals surface area (Å²) in [4.78, 5) is 0. The van der Waals surface area contributed by atoms with Gasteiger partial charge in [0, 0.05) is 13.7 Å². The summed E-state index contributed by atoms with van der Waals surface area (Å²) < 4.78 is 4.67. The van der Waals surface area contributed by atoms with Gasteiger partial charge in [-0.05, 0) is 7.05 Å². The standard InChI is InChI=1S/C5H13NO2/c1-6-3-5(7)4-8-2/h5-7H,3-4H2,1-2H3. The van der Waals surface area contributed by atoms with Crippen LogP contribution in [0.3, 0.4) is 0 Å². The second-order valence-electron chi connectivity index (χ2n) is 1.67. The third-order valence-electron chi connectivity index (χ3n) is 0.799. The lowest BCUT2D eigenvalue weighted by molar-refractivity contribution is 0.0658. The SMILES string of the molecule is CNCC(O)COC. The normalized spacial score (nSPS) is 13.9. The molecule has 0 aromatic heterocycles. The number of likely N-dealkylation sites (N-methyl/N-ethyl adjacent to an activating group) is 1. The molecule has 0 heterocycles. The van der Waals surface area contributed by atoms with Crippen molar-refractivity contribution in [3.63, 3.8) is 0 Å². The molecule has 0 amide bonds. The van der Waals surface area contributed by atoms with Crippen molar-refractivity contribution in [2.45, 2.75) is 6.10 Å². The van der Waals surface area contributed by atoms with Gasteiger partial charge in [-0.2, -0.15) is 0 Å². The molecule has 1 unspecified atom stereocenters. The molecule has 3 nitrogen and oxygen atoms in total. The summed E-state index contributed by atoms with van der Waals surface area (Å²) in [6.45, 7) is 0.995. The van der Waals surface area contributed by atoms with Crippen molar-refractivity contribution in [3.05, 3.63) is 0 Å². The molecule has 0 saturated carbocycles. The van der Waals surface area contributed by atoms with Gasteiger partial charge >= 0.3 is 0 Å². The van der Waals surface area contributed by atoms with Crippen molar-refractivity contribution in [1.82, 2.24) is 5.32 Å². The van der Waals surface area contributed by atoms with E-state index < -0.39 is 0 Å². The van der Waals surface area contributed by atoms with Crippen LogP contribution in [0.5, 0.6) is 0 Å². The first-order valence-corrected chi connectivity index (χ1v) is 2.63. The monoisotopic (exact) mass is 119 g/mol. The number of hydrogen-bond acceptors (Lipinski definition) is 3. The van der Waals surface area contributed by atoms with E-state index in [1.54, 1.807) is 14.2 Å². The minimum atomic E-state index is -0.370. The highest BCUT2D eigenvalue weighted by molar-refractivity contribution is 4.53. The molecular formula is C5H13NO2. The smallest absolute Gasteiger partial charge is 0.0897 e. The van der Waals surface area contributed by atoms with E-state index in [0.717, 1.165) is 0 Å². The van der Waals surface area contributed by atoms with E-state index in [-0.39, 0.29) is 6.10 Å². The van der Waals surface area contributed by atoms with Crippen molar-refractivity contribution in [3.8, 4) is 0 Å². The van der Waals surface area contributed by atoms with Gasteiger partial charge in [-0.25, -0.2) is 0 Å². The molecule has 3 heteroatoms. The molecule has 0 spiro atoms. The Balaban J connectivity index is 2.92. The zero-order valence-electron chi connectivity index (χ0n) is 5.35. The second kappa shape index (κ2) is 5.03. The molecule has 0 aliphatic rings. The fourth-order valence-electron chi connectivity index (χ4n) is 0.487. The summed E-state index contributed by atoms with van der Waals surface area (Å²) in [7, 11) is 3.36. The largest absolute Gasteiger partial charge is 0.389 e. The topological polar surface area (TPSA) is 41.5 Å². The Morgan fingerprint density at radius 2 is 2.38 bits per heavy atom. The summed E-state index contributed by atoms with van der Waals surface area (Å²) in [5, 5.41) is 11.7. The minimum absolute atomic E-state index is 0.370. The molecule has 8 heavy (non-hydrogen) atoms. The Morgan fingerprint density at radius 3 is 2.75 bits per heavy atom. The Labute approximate surface area is 49.7 Å². The van der Waals surface area contributed by atoms with E-state index in [2.05, 4.69) is 10.1 Å². The van der Waals surface area contributed by atoms with Gasteiger partial charge < -0.3 is 15.2 Å². The predicted octanol–water partition coefficient (Wildman–Crippen LogP) is -0.787. The van der Waals surface area contributed by atoms with Crippen LogP contribution in [-0.4, -0.2) is 38.5 Å². The maximum Gasteiger partial charge on any atom is 0.0897 e. The van der Waals surface area contributed by atoms with Crippen LogP contribution in [0.25, 0.3) is 0 Å². The van der Waals surface area contributed by atoms with Crippen LogP contribution in [0.15, 0.2) is 0 Å². The molecule has 0 rings (SSSR count). The lowest BCUT2D eigenvalue weighted by Gasteiger charge is -2.06. The van der Waals surface area contributed by atoms with Crippen LogP contribution in [-0.2, 0) is 4.74 Å². The van der Waals surface area contributed by atoms with E-state index in [9.17, 15) is 0 Å². The predicted molar refractivity (Wildman–Crippen MR) is 31.8 cm³/mol. The molecule has 0 radical (unpaired) electrons.